The van der Waals surface area contributed by atoms with Gasteiger partial charge in [0.25, 0.3) is 0 Å². The third-order valence-electron chi connectivity index (χ3n) is 5.16. The Balaban J connectivity index is 2.71. The highest BCUT2D eigenvalue weighted by atomic mass is 16.4. The summed E-state index contributed by atoms with van der Waals surface area (Å²) >= 11 is 0. The molecule has 0 aromatic rings. The zero-order valence-corrected chi connectivity index (χ0v) is 17.7. The van der Waals surface area contributed by atoms with Crippen LogP contribution in [-0.4, -0.2) is 47.6 Å². The number of nitrogens with zero attached hydrogens (tertiary/aromatic N) is 1. The molecule has 3 unspecified atom stereocenters. The Morgan fingerprint density at radius 3 is 2.32 bits per heavy atom. The van der Waals surface area contributed by atoms with E-state index in [4.69, 9.17) is 0 Å². The molecule has 1 aliphatic rings. The molecule has 1 saturated carbocycles. The molecule has 0 heterocycles. The van der Waals surface area contributed by atoms with Crippen molar-refractivity contribution in [2.45, 2.75) is 79.3 Å². The molecule has 0 spiro atoms. The summed E-state index contributed by atoms with van der Waals surface area (Å²) in [7, 11) is 0. The maximum Gasteiger partial charge on any atom is 0.326 e. The molecule has 8 nitrogen and oxygen atoms in total. The van der Waals surface area contributed by atoms with Crippen molar-refractivity contribution in [3.63, 3.8) is 0 Å². The maximum absolute atomic E-state index is 12.3. The van der Waals surface area contributed by atoms with Gasteiger partial charge in [0.2, 0.25) is 6.08 Å². The van der Waals surface area contributed by atoms with Crippen molar-refractivity contribution in [3.8, 4) is 0 Å². The number of rotatable bonds is 7. The number of hydrogen-bond acceptors (Lipinski definition) is 5. The van der Waals surface area contributed by atoms with E-state index in [9.17, 15) is 24.3 Å². The van der Waals surface area contributed by atoms with Crippen LogP contribution >= 0.6 is 0 Å². The van der Waals surface area contributed by atoms with E-state index in [0.29, 0.717) is 13.0 Å². The van der Waals surface area contributed by atoms with Gasteiger partial charge in [0, 0.05) is 18.4 Å². The second-order valence-electron chi connectivity index (χ2n) is 10.0. The fourth-order valence-corrected chi connectivity index (χ4v) is 4.07. The summed E-state index contributed by atoms with van der Waals surface area (Å²) < 4.78 is 0. The number of aliphatic carboxylic acids is 1. The molecule has 3 atom stereocenters. The van der Waals surface area contributed by atoms with Crippen molar-refractivity contribution < 1.29 is 24.3 Å². The van der Waals surface area contributed by atoms with Crippen LogP contribution in [0.5, 0.6) is 0 Å². The molecule has 0 aromatic carbocycles. The van der Waals surface area contributed by atoms with Crippen LogP contribution in [0.1, 0.15) is 67.2 Å². The lowest BCUT2D eigenvalue weighted by Crippen LogP contribution is -2.51. The Morgan fingerprint density at radius 2 is 1.82 bits per heavy atom. The molecule has 0 saturated heterocycles. The lowest BCUT2D eigenvalue weighted by Gasteiger charge is -2.45. The van der Waals surface area contributed by atoms with Crippen molar-refractivity contribution in [2.75, 3.05) is 6.54 Å². The van der Waals surface area contributed by atoms with Crippen LogP contribution in [-0.2, 0) is 14.4 Å². The van der Waals surface area contributed by atoms with Crippen LogP contribution in [0.3, 0.4) is 0 Å². The van der Waals surface area contributed by atoms with Gasteiger partial charge in [-0.1, -0.05) is 41.5 Å². The van der Waals surface area contributed by atoms with Gasteiger partial charge in [0.05, 0.1) is 6.04 Å². The SMILES string of the molecule is CC1(C)CC(N=C=O)CC(C)(CNC(=O)NC(CC(=O)C(C)(C)C)C(=O)O)C1. The first-order valence-electron chi connectivity index (χ1n) is 9.55. The highest BCUT2D eigenvalue weighted by Crippen LogP contribution is 2.46. The van der Waals surface area contributed by atoms with Gasteiger partial charge >= 0.3 is 12.0 Å². The molecule has 0 radical (unpaired) electrons. The van der Waals surface area contributed by atoms with Crippen molar-refractivity contribution in [1.29, 1.82) is 0 Å². The van der Waals surface area contributed by atoms with Crippen molar-refractivity contribution >= 4 is 23.9 Å². The molecule has 0 bridgehead atoms. The number of nitrogens with one attached hydrogen (secondary N) is 2. The Labute approximate surface area is 166 Å². The fraction of sp³-hybridized carbons (Fsp3) is 0.800. The summed E-state index contributed by atoms with van der Waals surface area (Å²) in [5.74, 6) is -1.49. The minimum absolute atomic E-state index is 0.0428. The van der Waals surface area contributed by atoms with Crippen LogP contribution in [0.2, 0.25) is 0 Å². The van der Waals surface area contributed by atoms with Crippen molar-refractivity contribution in [1.82, 2.24) is 10.6 Å². The van der Waals surface area contributed by atoms with Gasteiger partial charge in [-0.15, -0.1) is 0 Å². The minimum atomic E-state index is -1.28. The monoisotopic (exact) mass is 395 g/mol. The molecule has 1 rings (SSSR count). The van der Waals surface area contributed by atoms with E-state index >= 15 is 0 Å². The third-order valence-corrected chi connectivity index (χ3v) is 5.16. The molecule has 1 aliphatic carbocycles. The molecule has 8 heteroatoms. The van der Waals surface area contributed by atoms with E-state index in [1.54, 1.807) is 26.9 Å². The number of isocyanates is 1. The molecular formula is C20H33N3O5. The van der Waals surface area contributed by atoms with E-state index in [0.717, 1.165) is 12.8 Å². The average Bonchev–Trinajstić information content (AvgIpc) is 2.49. The first-order valence-corrected chi connectivity index (χ1v) is 9.55. The number of carbonyl (C=O) groups excluding carboxylic acids is 3. The summed E-state index contributed by atoms with van der Waals surface area (Å²) in [6, 6.07) is -2.06. The van der Waals surface area contributed by atoms with E-state index in [1.165, 1.54) is 0 Å². The third kappa shape index (κ3) is 7.43. The van der Waals surface area contributed by atoms with Gasteiger partial charge in [0.1, 0.15) is 11.8 Å². The summed E-state index contributed by atoms with van der Waals surface area (Å²) in [4.78, 5) is 50.3. The van der Waals surface area contributed by atoms with Crippen LogP contribution < -0.4 is 10.6 Å². The van der Waals surface area contributed by atoms with E-state index in [2.05, 4.69) is 29.5 Å². The van der Waals surface area contributed by atoms with E-state index < -0.39 is 23.5 Å². The molecule has 1 fully saturated rings. The quantitative estimate of drug-likeness (QED) is 0.451. The maximum atomic E-state index is 12.3. The van der Waals surface area contributed by atoms with Gasteiger partial charge in [-0.05, 0) is 30.1 Å². The van der Waals surface area contributed by atoms with Crippen LogP contribution in [0, 0.1) is 16.2 Å². The van der Waals surface area contributed by atoms with Gasteiger partial charge in [-0.2, -0.15) is 0 Å². The average molecular weight is 396 g/mol. The number of hydrogen-bond donors (Lipinski definition) is 3. The summed E-state index contributed by atoms with van der Waals surface area (Å²) in [5, 5.41) is 14.4. The zero-order chi connectivity index (χ0) is 21.8. The molecular weight excluding hydrogens is 362 g/mol. The lowest BCUT2D eigenvalue weighted by molar-refractivity contribution is -0.142. The zero-order valence-electron chi connectivity index (χ0n) is 17.7. The lowest BCUT2D eigenvalue weighted by atomic mass is 9.63. The highest BCUT2D eigenvalue weighted by molar-refractivity contribution is 5.91. The van der Waals surface area contributed by atoms with Crippen LogP contribution in [0.15, 0.2) is 4.99 Å². The number of Topliss-reactive ketones (excluding diaryl/α,β-unsaturated/α-hetero) is 1. The van der Waals surface area contributed by atoms with E-state index in [1.807, 2.05) is 6.92 Å². The minimum Gasteiger partial charge on any atom is -0.480 e. The second-order valence-corrected chi connectivity index (χ2v) is 10.0. The van der Waals surface area contributed by atoms with Crippen molar-refractivity contribution in [2.24, 2.45) is 21.2 Å². The Hall–Kier alpha value is -2.21. The topological polar surface area (TPSA) is 125 Å². The molecule has 28 heavy (non-hydrogen) atoms. The number of carboxylic acid groups (broad SMARTS) is 1. The molecule has 0 aliphatic heterocycles. The number of aliphatic imine (C=N–C) groups is 1. The van der Waals surface area contributed by atoms with Gasteiger partial charge in [0.15, 0.2) is 0 Å². The predicted molar refractivity (Wildman–Crippen MR) is 105 cm³/mol. The van der Waals surface area contributed by atoms with Gasteiger partial charge < -0.3 is 15.7 Å². The molecule has 158 valence electrons. The summed E-state index contributed by atoms with van der Waals surface area (Å²) in [6.45, 7) is 11.6. The number of carboxylic acids is 1. The van der Waals surface area contributed by atoms with Crippen LogP contribution in [0.4, 0.5) is 4.79 Å². The summed E-state index contributed by atoms with van der Waals surface area (Å²) in [6.07, 6.45) is 3.60. The normalized spacial score (nSPS) is 25.1. The van der Waals surface area contributed by atoms with Gasteiger partial charge in [-0.25, -0.2) is 19.4 Å². The number of urea groups is 1. The first-order chi connectivity index (χ1) is 12.7. The van der Waals surface area contributed by atoms with E-state index in [-0.39, 0.29) is 29.1 Å². The number of ketones is 1. The fourth-order valence-electron chi connectivity index (χ4n) is 4.07. The van der Waals surface area contributed by atoms with Crippen molar-refractivity contribution in [3.05, 3.63) is 0 Å². The standard InChI is InChI=1S/C20H33N3O5/c1-18(2,3)15(25)7-14(16(26)27)23-17(28)21-11-20(6)9-13(22-12-24)8-19(4,5)10-20/h13-14H,7-11H2,1-6H3,(H,26,27)(H2,21,23,28). The highest BCUT2D eigenvalue weighted by Gasteiger charge is 2.41. The molecule has 3 N–H and O–H groups in total. The smallest absolute Gasteiger partial charge is 0.326 e. The Bertz CT molecular complexity index is 661. The Kier molecular flexibility index (Phi) is 7.54. The second kappa shape index (κ2) is 8.86. The number of amides is 2. The first kappa shape index (κ1) is 23.8. The Morgan fingerprint density at radius 1 is 1.21 bits per heavy atom. The summed E-state index contributed by atoms with van der Waals surface area (Å²) in [5.41, 5.74) is -1.01. The molecule has 0 aromatic heterocycles. The largest absolute Gasteiger partial charge is 0.480 e. The molecule has 2 amide bonds. The van der Waals surface area contributed by atoms with Crippen LogP contribution in [0.25, 0.3) is 0 Å². The predicted octanol–water partition coefficient (Wildman–Crippen LogP) is 2.66. The van der Waals surface area contributed by atoms with Gasteiger partial charge in [-0.3, -0.25) is 4.79 Å². The number of carbonyl (C=O) groups is 3.